The molecule has 0 atom stereocenters. The Hall–Kier alpha value is -1.59. The molecule has 9 heteroatoms. The second-order valence-electron chi connectivity index (χ2n) is 7.01. The minimum absolute atomic E-state index is 0. The number of carbonyl (C=O) groups is 1. The number of rotatable bonds is 12. The maximum absolute atomic E-state index is 10.8. The number of guanidine groups is 1. The Kier molecular flexibility index (Phi) is 14.2. The summed E-state index contributed by atoms with van der Waals surface area (Å²) in [4.78, 5) is 15.4. The third-order valence-corrected chi connectivity index (χ3v) is 4.50. The number of hydrogen-bond acceptors (Lipinski definition) is 5. The SMILES string of the molecule is CCNC(=NCc1cccc(OCC(N)=O)c1)NCCCOCC1CCOCC1.I. The van der Waals surface area contributed by atoms with Gasteiger partial charge in [0.1, 0.15) is 5.75 Å². The van der Waals surface area contributed by atoms with Crippen LogP contribution in [0.15, 0.2) is 29.3 Å². The van der Waals surface area contributed by atoms with Crippen LogP contribution in [0.3, 0.4) is 0 Å². The highest BCUT2D eigenvalue weighted by molar-refractivity contribution is 14.0. The molecule has 0 unspecified atom stereocenters. The van der Waals surface area contributed by atoms with Crippen LogP contribution in [0.1, 0.15) is 31.7 Å². The Morgan fingerprint density at radius 1 is 1.30 bits per heavy atom. The Bertz CT molecular complexity index is 639. The molecule has 1 aliphatic rings. The van der Waals surface area contributed by atoms with Gasteiger partial charge in [0.2, 0.25) is 0 Å². The van der Waals surface area contributed by atoms with Crippen LogP contribution < -0.4 is 21.1 Å². The molecule has 0 bridgehead atoms. The molecule has 1 aromatic carbocycles. The number of nitrogens with zero attached hydrogens (tertiary/aromatic N) is 1. The number of ether oxygens (including phenoxy) is 3. The van der Waals surface area contributed by atoms with Gasteiger partial charge in [-0.15, -0.1) is 24.0 Å². The molecule has 4 N–H and O–H groups in total. The molecule has 1 aliphatic heterocycles. The van der Waals surface area contributed by atoms with Gasteiger partial charge in [0, 0.05) is 39.5 Å². The van der Waals surface area contributed by atoms with Crippen molar-refractivity contribution in [2.24, 2.45) is 16.6 Å². The van der Waals surface area contributed by atoms with Crippen molar-refractivity contribution in [2.45, 2.75) is 32.7 Å². The van der Waals surface area contributed by atoms with E-state index in [1.54, 1.807) is 6.07 Å². The van der Waals surface area contributed by atoms with E-state index in [9.17, 15) is 4.79 Å². The van der Waals surface area contributed by atoms with E-state index in [-0.39, 0.29) is 30.6 Å². The van der Waals surface area contributed by atoms with E-state index in [1.165, 1.54) is 0 Å². The fourth-order valence-electron chi connectivity index (χ4n) is 2.94. The molecule has 1 fully saturated rings. The predicted molar refractivity (Wildman–Crippen MR) is 128 cm³/mol. The maximum atomic E-state index is 10.8. The highest BCUT2D eigenvalue weighted by atomic mass is 127. The topological polar surface area (TPSA) is 107 Å². The molecule has 1 aromatic rings. The van der Waals surface area contributed by atoms with Crippen molar-refractivity contribution in [1.82, 2.24) is 10.6 Å². The number of nitrogens with two attached hydrogens (primary N) is 1. The molecule has 0 radical (unpaired) electrons. The van der Waals surface area contributed by atoms with E-state index in [2.05, 4.69) is 15.6 Å². The average Bonchev–Trinajstić information content (AvgIpc) is 2.74. The van der Waals surface area contributed by atoms with E-state index in [4.69, 9.17) is 19.9 Å². The highest BCUT2D eigenvalue weighted by Crippen LogP contribution is 2.15. The van der Waals surface area contributed by atoms with Gasteiger partial charge in [0.15, 0.2) is 12.6 Å². The summed E-state index contributed by atoms with van der Waals surface area (Å²) in [6.45, 7) is 7.27. The molecule has 8 nitrogen and oxygen atoms in total. The van der Waals surface area contributed by atoms with E-state index in [0.29, 0.717) is 18.2 Å². The molecule has 0 spiro atoms. The number of hydrogen-bond donors (Lipinski definition) is 3. The second kappa shape index (κ2) is 16.1. The summed E-state index contributed by atoms with van der Waals surface area (Å²) >= 11 is 0. The summed E-state index contributed by atoms with van der Waals surface area (Å²) in [7, 11) is 0. The molecule has 0 aliphatic carbocycles. The van der Waals surface area contributed by atoms with Crippen LogP contribution in [-0.4, -0.2) is 58.0 Å². The Morgan fingerprint density at radius 2 is 2.10 bits per heavy atom. The third kappa shape index (κ3) is 11.6. The molecule has 0 saturated carbocycles. The van der Waals surface area contributed by atoms with Gasteiger partial charge in [-0.25, -0.2) is 4.99 Å². The van der Waals surface area contributed by atoms with Gasteiger partial charge >= 0.3 is 0 Å². The van der Waals surface area contributed by atoms with E-state index < -0.39 is 5.91 Å². The quantitative estimate of drug-likeness (QED) is 0.164. The van der Waals surface area contributed by atoms with Gasteiger partial charge in [0.05, 0.1) is 6.54 Å². The number of carbonyl (C=O) groups excluding carboxylic acids is 1. The number of benzene rings is 1. The number of primary amides is 1. The summed E-state index contributed by atoms with van der Waals surface area (Å²) in [5.74, 6) is 1.51. The lowest BCUT2D eigenvalue weighted by atomic mass is 10.0. The van der Waals surface area contributed by atoms with Crippen molar-refractivity contribution < 1.29 is 19.0 Å². The highest BCUT2D eigenvalue weighted by Gasteiger charge is 2.13. The molecule has 30 heavy (non-hydrogen) atoms. The van der Waals surface area contributed by atoms with Gasteiger partial charge < -0.3 is 30.6 Å². The summed E-state index contributed by atoms with van der Waals surface area (Å²) in [6.07, 6.45) is 3.12. The largest absolute Gasteiger partial charge is 0.484 e. The first-order chi connectivity index (χ1) is 14.2. The average molecular weight is 534 g/mol. The van der Waals surface area contributed by atoms with Gasteiger partial charge in [0.25, 0.3) is 5.91 Å². The van der Waals surface area contributed by atoms with Crippen LogP contribution >= 0.6 is 24.0 Å². The molecule has 2 rings (SSSR count). The maximum Gasteiger partial charge on any atom is 0.255 e. The van der Waals surface area contributed by atoms with Crippen LogP contribution in [0, 0.1) is 5.92 Å². The Morgan fingerprint density at radius 3 is 2.83 bits per heavy atom. The fourth-order valence-corrected chi connectivity index (χ4v) is 2.94. The first kappa shape index (κ1) is 26.4. The molecular formula is C21H35IN4O4. The smallest absolute Gasteiger partial charge is 0.255 e. The van der Waals surface area contributed by atoms with E-state index >= 15 is 0 Å². The van der Waals surface area contributed by atoms with Crippen LogP contribution in [0.25, 0.3) is 0 Å². The summed E-state index contributed by atoms with van der Waals surface area (Å²) in [5.41, 5.74) is 6.10. The predicted octanol–water partition coefficient (Wildman–Crippen LogP) is 2.06. The van der Waals surface area contributed by atoms with E-state index in [0.717, 1.165) is 70.3 Å². The molecule has 1 saturated heterocycles. The minimum Gasteiger partial charge on any atom is -0.484 e. The molecule has 0 aromatic heterocycles. The van der Waals surface area contributed by atoms with Crippen LogP contribution in [0.2, 0.25) is 0 Å². The van der Waals surface area contributed by atoms with E-state index in [1.807, 2.05) is 25.1 Å². The minimum atomic E-state index is -0.496. The number of nitrogens with one attached hydrogen (secondary N) is 2. The molecule has 1 amide bonds. The zero-order valence-corrected chi connectivity index (χ0v) is 20.1. The van der Waals surface area contributed by atoms with Gasteiger partial charge in [-0.1, -0.05) is 12.1 Å². The Labute approximate surface area is 196 Å². The normalized spacial score (nSPS) is 14.6. The monoisotopic (exact) mass is 534 g/mol. The standard InChI is InChI=1S/C21H34N4O4.HI/c1-2-23-21(24-9-4-10-28-15-17-7-11-27-12-8-17)25-14-18-5-3-6-19(13-18)29-16-20(22)26;/h3,5-6,13,17H,2,4,7-12,14-16H2,1H3,(H2,22,26)(H2,23,24,25);1H. The van der Waals surface area contributed by atoms with Crippen molar-refractivity contribution >= 4 is 35.8 Å². The first-order valence-electron chi connectivity index (χ1n) is 10.3. The second-order valence-corrected chi connectivity index (χ2v) is 7.01. The summed E-state index contributed by atoms with van der Waals surface area (Å²) in [6, 6.07) is 7.49. The van der Waals surface area contributed by atoms with Gasteiger partial charge in [-0.3, -0.25) is 4.79 Å². The molecule has 1 heterocycles. The third-order valence-electron chi connectivity index (χ3n) is 4.50. The molecular weight excluding hydrogens is 499 g/mol. The van der Waals surface area contributed by atoms with Crippen molar-refractivity contribution in [3.63, 3.8) is 0 Å². The lowest BCUT2D eigenvalue weighted by Crippen LogP contribution is -2.38. The summed E-state index contributed by atoms with van der Waals surface area (Å²) in [5, 5.41) is 6.57. The number of amides is 1. The lowest BCUT2D eigenvalue weighted by molar-refractivity contribution is -0.119. The summed E-state index contributed by atoms with van der Waals surface area (Å²) < 4.78 is 16.5. The van der Waals surface area contributed by atoms with Crippen LogP contribution in [0.5, 0.6) is 5.75 Å². The van der Waals surface area contributed by atoms with Crippen molar-refractivity contribution in [3.8, 4) is 5.75 Å². The lowest BCUT2D eigenvalue weighted by Gasteiger charge is -2.21. The number of aliphatic imine (C=N–C) groups is 1. The number of halogens is 1. The van der Waals surface area contributed by atoms with Gasteiger partial charge in [-0.2, -0.15) is 0 Å². The zero-order chi connectivity index (χ0) is 20.7. The molecule has 170 valence electrons. The van der Waals surface area contributed by atoms with Crippen molar-refractivity contribution in [1.29, 1.82) is 0 Å². The van der Waals surface area contributed by atoms with Crippen molar-refractivity contribution in [2.75, 3.05) is 46.1 Å². The van der Waals surface area contributed by atoms with Crippen molar-refractivity contribution in [3.05, 3.63) is 29.8 Å². The fraction of sp³-hybridized carbons (Fsp3) is 0.619. The van der Waals surface area contributed by atoms with Crippen LogP contribution in [0.4, 0.5) is 0 Å². The van der Waals surface area contributed by atoms with Crippen LogP contribution in [-0.2, 0) is 20.8 Å². The zero-order valence-electron chi connectivity index (χ0n) is 17.7. The first-order valence-corrected chi connectivity index (χ1v) is 10.3. The van der Waals surface area contributed by atoms with Gasteiger partial charge in [-0.05, 0) is 49.8 Å². The Balaban J connectivity index is 0.00000450.